The summed E-state index contributed by atoms with van der Waals surface area (Å²) in [4.78, 5) is 43.0. The summed E-state index contributed by atoms with van der Waals surface area (Å²) < 4.78 is 13.0. The Kier molecular flexibility index (Phi) is 7.31. The first kappa shape index (κ1) is 27.3. The number of allylic oxidation sites excluding steroid dienone is 1. The molecule has 1 aliphatic rings. The van der Waals surface area contributed by atoms with Gasteiger partial charge in [-0.15, -0.1) is 0 Å². The second-order valence-corrected chi connectivity index (χ2v) is 10.7. The van der Waals surface area contributed by atoms with Crippen LogP contribution >= 0.6 is 22.9 Å². The van der Waals surface area contributed by atoms with Crippen LogP contribution in [-0.4, -0.2) is 22.1 Å². The number of ether oxygens (including phenoxy) is 1. The largest absolute Gasteiger partial charge is 0.463 e. The van der Waals surface area contributed by atoms with Gasteiger partial charge in [-0.1, -0.05) is 47.2 Å². The Balaban J connectivity index is 1.66. The van der Waals surface area contributed by atoms with Gasteiger partial charge in [0.15, 0.2) is 4.80 Å². The van der Waals surface area contributed by atoms with Gasteiger partial charge in [-0.2, -0.15) is 0 Å². The van der Waals surface area contributed by atoms with Gasteiger partial charge in [-0.05, 0) is 57.0 Å². The molecule has 0 fully saturated rings. The van der Waals surface area contributed by atoms with Crippen molar-refractivity contribution in [3.63, 3.8) is 0 Å². The molecule has 40 heavy (non-hydrogen) atoms. The number of nitro benzene ring substituents is 1. The lowest BCUT2D eigenvalue weighted by atomic mass is 9.94. The number of furan rings is 1. The summed E-state index contributed by atoms with van der Waals surface area (Å²) in [6, 6.07) is 12.9. The number of halogens is 1. The van der Waals surface area contributed by atoms with E-state index in [-0.39, 0.29) is 17.9 Å². The lowest BCUT2D eigenvalue weighted by Crippen LogP contribution is -2.40. The average molecular weight is 578 g/mol. The minimum atomic E-state index is -0.960. The standard InChI is InChI=1S/C29H24ClN3O6S/c1-5-38-28(35)25-17(4)31-29-32(26(25)19-9-7-16(3)22(13-19)33(36)37)27(34)24(40-29)14-20-10-11-23(39-20)18-8-6-15(2)21(30)12-18/h6-14,26H,5H2,1-4H3/b24-14+/t26-/m0/s1. The molecule has 0 radical (unpaired) electrons. The van der Waals surface area contributed by atoms with E-state index in [1.807, 2.05) is 25.1 Å². The van der Waals surface area contributed by atoms with E-state index in [1.54, 1.807) is 51.1 Å². The number of carbonyl (C=O) groups is 1. The van der Waals surface area contributed by atoms with Crippen LogP contribution in [0.3, 0.4) is 0 Å². The number of thiazole rings is 1. The normalized spacial score (nSPS) is 15.1. The molecule has 3 heterocycles. The number of nitrogens with zero attached hydrogens (tertiary/aromatic N) is 3. The highest BCUT2D eigenvalue weighted by atomic mass is 35.5. The van der Waals surface area contributed by atoms with Crippen molar-refractivity contribution in [1.82, 2.24) is 4.57 Å². The maximum Gasteiger partial charge on any atom is 0.338 e. The highest BCUT2D eigenvalue weighted by Gasteiger charge is 2.34. The Morgan fingerprint density at radius 3 is 2.62 bits per heavy atom. The van der Waals surface area contributed by atoms with E-state index in [0.29, 0.717) is 42.7 Å². The van der Waals surface area contributed by atoms with Crippen LogP contribution in [0.15, 0.2) is 74.0 Å². The maximum absolute atomic E-state index is 13.8. The molecule has 4 aromatic rings. The Morgan fingerprint density at radius 1 is 1.18 bits per heavy atom. The maximum atomic E-state index is 13.8. The lowest BCUT2D eigenvalue weighted by Gasteiger charge is -2.24. The van der Waals surface area contributed by atoms with Gasteiger partial charge in [-0.3, -0.25) is 19.5 Å². The summed E-state index contributed by atoms with van der Waals surface area (Å²) in [5.41, 5.74) is 2.60. The lowest BCUT2D eigenvalue weighted by molar-refractivity contribution is -0.385. The highest BCUT2D eigenvalue weighted by Crippen LogP contribution is 2.33. The van der Waals surface area contributed by atoms with Crippen molar-refractivity contribution in [1.29, 1.82) is 0 Å². The second kappa shape index (κ2) is 10.7. The molecule has 11 heteroatoms. The molecule has 1 atom stereocenters. The van der Waals surface area contributed by atoms with Gasteiger partial charge in [-0.25, -0.2) is 9.79 Å². The predicted molar refractivity (Wildman–Crippen MR) is 152 cm³/mol. The number of nitro groups is 1. The fourth-order valence-electron chi connectivity index (χ4n) is 4.56. The number of aromatic nitrogens is 1. The van der Waals surface area contributed by atoms with Crippen molar-refractivity contribution < 1.29 is 18.9 Å². The van der Waals surface area contributed by atoms with Gasteiger partial charge in [0.25, 0.3) is 11.2 Å². The van der Waals surface area contributed by atoms with Crippen LogP contribution in [-0.2, 0) is 9.53 Å². The van der Waals surface area contributed by atoms with E-state index in [4.69, 9.17) is 20.8 Å². The molecular formula is C29H24ClN3O6S. The number of fused-ring (bicyclic) bond motifs is 1. The molecule has 5 rings (SSSR count). The monoisotopic (exact) mass is 577 g/mol. The first-order valence-electron chi connectivity index (χ1n) is 12.4. The van der Waals surface area contributed by atoms with Gasteiger partial charge in [0.1, 0.15) is 11.5 Å². The zero-order valence-corrected chi connectivity index (χ0v) is 23.6. The van der Waals surface area contributed by atoms with Crippen molar-refractivity contribution >= 4 is 40.7 Å². The molecule has 0 spiro atoms. The second-order valence-electron chi connectivity index (χ2n) is 9.27. The van der Waals surface area contributed by atoms with Gasteiger partial charge < -0.3 is 9.15 Å². The van der Waals surface area contributed by atoms with Crippen molar-refractivity contribution in [3.8, 4) is 11.3 Å². The van der Waals surface area contributed by atoms with E-state index in [2.05, 4.69) is 4.99 Å². The van der Waals surface area contributed by atoms with Crippen LogP contribution < -0.4 is 14.9 Å². The third-order valence-electron chi connectivity index (χ3n) is 6.62. The Bertz CT molecular complexity index is 1900. The summed E-state index contributed by atoms with van der Waals surface area (Å²) in [5.74, 6) is 0.394. The smallest absolute Gasteiger partial charge is 0.338 e. The number of aryl methyl sites for hydroxylation is 2. The fourth-order valence-corrected chi connectivity index (χ4v) is 5.77. The molecule has 0 N–H and O–H groups in total. The van der Waals surface area contributed by atoms with Crippen molar-refractivity contribution in [3.05, 3.63) is 117 Å². The molecule has 1 aliphatic heterocycles. The van der Waals surface area contributed by atoms with E-state index in [9.17, 15) is 19.7 Å². The molecule has 0 saturated carbocycles. The molecule has 204 valence electrons. The number of hydrogen-bond donors (Lipinski definition) is 0. The molecule has 2 aromatic heterocycles. The quantitative estimate of drug-likeness (QED) is 0.176. The summed E-state index contributed by atoms with van der Waals surface area (Å²) in [5, 5.41) is 12.3. The third-order valence-corrected chi connectivity index (χ3v) is 8.01. The predicted octanol–water partition coefficient (Wildman–Crippen LogP) is 5.24. The SMILES string of the molecule is CCOC(=O)C1=C(C)N=c2s/c(=C/c3ccc(-c4ccc(C)c(Cl)c4)o3)c(=O)n2[C@H]1c1ccc(C)c([N+](=O)[O-])c1. The molecule has 9 nitrogen and oxygen atoms in total. The van der Waals surface area contributed by atoms with Gasteiger partial charge in [0, 0.05) is 28.3 Å². The van der Waals surface area contributed by atoms with Crippen LogP contribution in [0.25, 0.3) is 17.4 Å². The van der Waals surface area contributed by atoms with Crippen LogP contribution in [0.2, 0.25) is 5.02 Å². The number of esters is 1. The summed E-state index contributed by atoms with van der Waals surface area (Å²) in [6.45, 7) is 6.99. The molecule has 2 aromatic carbocycles. The van der Waals surface area contributed by atoms with Gasteiger partial charge in [0.2, 0.25) is 0 Å². The molecular weight excluding hydrogens is 554 g/mol. The first-order chi connectivity index (χ1) is 19.1. The molecule has 0 amide bonds. The summed E-state index contributed by atoms with van der Waals surface area (Å²) >= 11 is 7.40. The number of carbonyl (C=O) groups excluding carboxylic acids is 1. The van der Waals surface area contributed by atoms with E-state index in [1.165, 1.54) is 10.6 Å². The molecule has 0 unspecified atom stereocenters. The van der Waals surface area contributed by atoms with E-state index in [0.717, 1.165) is 22.5 Å². The van der Waals surface area contributed by atoms with Crippen LogP contribution in [0.1, 0.15) is 42.3 Å². The molecule has 0 aliphatic carbocycles. The highest BCUT2D eigenvalue weighted by molar-refractivity contribution is 7.07. The molecule has 0 bridgehead atoms. The fraction of sp³-hybridized carbons (Fsp3) is 0.207. The van der Waals surface area contributed by atoms with Gasteiger partial charge >= 0.3 is 5.97 Å². The number of benzene rings is 2. The first-order valence-corrected chi connectivity index (χ1v) is 13.6. The number of rotatable bonds is 6. The van der Waals surface area contributed by atoms with Crippen LogP contribution in [0.4, 0.5) is 5.69 Å². The Hall–Kier alpha value is -4.28. The average Bonchev–Trinajstić information content (AvgIpc) is 3.49. The minimum Gasteiger partial charge on any atom is -0.463 e. The van der Waals surface area contributed by atoms with E-state index < -0.39 is 22.5 Å². The zero-order valence-electron chi connectivity index (χ0n) is 22.1. The Morgan fingerprint density at radius 2 is 1.93 bits per heavy atom. The molecule has 0 saturated heterocycles. The Labute approximate surface area is 237 Å². The number of hydrogen-bond acceptors (Lipinski definition) is 8. The summed E-state index contributed by atoms with van der Waals surface area (Å²) in [7, 11) is 0. The summed E-state index contributed by atoms with van der Waals surface area (Å²) in [6.07, 6.45) is 1.61. The minimum absolute atomic E-state index is 0.114. The van der Waals surface area contributed by atoms with Crippen molar-refractivity contribution in [2.75, 3.05) is 6.61 Å². The van der Waals surface area contributed by atoms with Crippen LogP contribution in [0.5, 0.6) is 0 Å². The van der Waals surface area contributed by atoms with Crippen molar-refractivity contribution in [2.45, 2.75) is 33.7 Å². The van der Waals surface area contributed by atoms with Crippen LogP contribution in [0, 0.1) is 24.0 Å². The van der Waals surface area contributed by atoms with Crippen molar-refractivity contribution in [2.24, 2.45) is 4.99 Å². The topological polar surface area (TPSA) is 117 Å². The third kappa shape index (κ3) is 4.91. The van der Waals surface area contributed by atoms with Gasteiger partial charge in [0.05, 0.1) is 33.4 Å². The zero-order chi connectivity index (χ0) is 28.7. The van der Waals surface area contributed by atoms with E-state index >= 15 is 0 Å².